The Kier molecular flexibility index (Phi) is 10.3. The monoisotopic (exact) mass is 682 g/mol. The maximum atomic E-state index is 12.0. The molecule has 0 spiro atoms. The molecule has 1 N–H and O–H groups in total. The van der Waals surface area contributed by atoms with Crippen molar-refractivity contribution >= 4 is 65.2 Å². The SMILES string of the molecule is CC(C)[Si](C#Cc1c2cc3ccccc3cc2c(C#C[Si](C(C)C)(C(C)C)C(C)C)c2cc3cc(C(=O)O)ccc3cc12)(C(C)C)C(C)C. The molecular formula is C45H54O2Si2. The van der Waals surface area contributed by atoms with Crippen LogP contribution in [0.3, 0.4) is 0 Å². The molecule has 0 saturated heterocycles. The number of rotatable bonds is 7. The maximum Gasteiger partial charge on any atom is 0.335 e. The lowest BCUT2D eigenvalue weighted by Crippen LogP contribution is -2.43. The van der Waals surface area contributed by atoms with E-state index in [2.05, 4.69) is 155 Å². The number of aromatic carboxylic acids is 1. The molecule has 0 heterocycles. The lowest BCUT2D eigenvalue weighted by molar-refractivity contribution is 0.0697. The normalized spacial score (nSPS) is 12.6. The minimum absolute atomic E-state index is 0.290. The summed E-state index contributed by atoms with van der Waals surface area (Å²) in [6.07, 6.45) is 0. The van der Waals surface area contributed by atoms with E-state index in [1.807, 2.05) is 6.07 Å². The average Bonchev–Trinajstić information content (AvgIpc) is 3.02. The van der Waals surface area contributed by atoms with Crippen molar-refractivity contribution in [1.82, 2.24) is 0 Å². The highest BCUT2D eigenvalue weighted by Crippen LogP contribution is 2.44. The van der Waals surface area contributed by atoms with E-state index in [0.717, 1.165) is 43.4 Å². The Morgan fingerprint density at radius 3 is 1.14 bits per heavy atom. The molecule has 0 aliphatic heterocycles. The summed E-state index contributed by atoms with van der Waals surface area (Å²) in [6.45, 7) is 28.4. The van der Waals surface area contributed by atoms with Crippen molar-refractivity contribution in [2.45, 2.75) is 116 Å². The van der Waals surface area contributed by atoms with Gasteiger partial charge < -0.3 is 5.11 Å². The predicted octanol–water partition coefficient (Wildman–Crippen LogP) is 13.1. The molecule has 4 heteroatoms. The minimum Gasteiger partial charge on any atom is -0.478 e. The number of hydrogen-bond donors (Lipinski definition) is 1. The second-order valence-electron chi connectivity index (χ2n) is 16.1. The first-order chi connectivity index (χ1) is 23.1. The summed E-state index contributed by atoms with van der Waals surface area (Å²) >= 11 is 0. The summed E-state index contributed by atoms with van der Waals surface area (Å²) in [6, 6.07) is 23.1. The van der Waals surface area contributed by atoms with Crippen LogP contribution in [0, 0.1) is 22.9 Å². The third-order valence-corrected chi connectivity index (χ3v) is 24.3. The van der Waals surface area contributed by atoms with Gasteiger partial charge in [-0.15, -0.1) is 11.1 Å². The van der Waals surface area contributed by atoms with E-state index in [1.165, 1.54) is 10.8 Å². The molecule has 0 bridgehead atoms. The van der Waals surface area contributed by atoms with Gasteiger partial charge in [-0.1, -0.05) is 125 Å². The third kappa shape index (κ3) is 6.24. The number of hydrogen-bond acceptors (Lipinski definition) is 1. The molecule has 0 aliphatic rings. The molecule has 0 aromatic heterocycles. The molecule has 0 aliphatic carbocycles. The van der Waals surface area contributed by atoms with E-state index < -0.39 is 22.1 Å². The molecular weight excluding hydrogens is 629 g/mol. The molecule has 0 atom stereocenters. The lowest BCUT2D eigenvalue weighted by atomic mass is 9.89. The van der Waals surface area contributed by atoms with E-state index in [1.54, 1.807) is 12.1 Å². The van der Waals surface area contributed by atoms with Crippen LogP contribution in [0.25, 0.3) is 43.1 Å². The van der Waals surface area contributed by atoms with Crippen LogP contribution in [-0.4, -0.2) is 27.2 Å². The van der Waals surface area contributed by atoms with Crippen molar-refractivity contribution in [2.24, 2.45) is 0 Å². The molecule has 0 amide bonds. The van der Waals surface area contributed by atoms with Crippen LogP contribution in [0.4, 0.5) is 0 Å². The highest BCUT2D eigenvalue weighted by molar-refractivity contribution is 6.91. The minimum atomic E-state index is -2.07. The van der Waals surface area contributed by atoms with Gasteiger partial charge in [-0.05, 0) is 113 Å². The van der Waals surface area contributed by atoms with Crippen LogP contribution in [0.2, 0.25) is 33.2 Å². The smallest absolute Gasteiger partial charge is 0.335 e. The number of benzene rings is 5. The molecule has 5 rings (SSSR count). The van der Waals surface area contributed by atoms with Crippen molar-refractivity contribution < 1.29 is 9.90 Å². The summed E-state index contributed by atoms with van der Waals surface area (Å²) in [5.74, 6) is 6.88. The van der Waals surface area contributed by atoms with Gasteiger partial charge in [-0.3, -0.25) is 0 Å². The molecule has 0 saturated carbocycles. The largest absolute Gasteiger partial charge is 0.478 e. The fraction of sp³-hybridized carbons (Fsp3) is 0.400. The van der Waals surface area contributed by atoms with Crippen molar-refractivity contribution in [3.63, 3.8) is 0 Å². The van der Waals surface area contributed by atoms with Gasteiger partial charge in [0.05, 0.1) is 5.56 Å². The van der Waals surface area contributed by atoms with Gasteiger partial charge in [-0.2, -0.15) is 0 Å². The van der Waals surface area contributed by atoms with E-state index in [-0.39, 0.29) is 0 Å². The first-order valence-corrected chi connectivity index (χ1v) is 22.7. The Bertz CT molecular complexity index is 2150. The fourth-order valence-corrected chi connectivity index (χ4v) is 19.7. The highest BCUT2D eigenvalue weighted by Gasteiger charge is 2.43. The number of carbonyl (C=O) groups is 1. The Morgan fingerprint density at radius 2 is 0.816 bits per heavy atom. The van der Waals surface area contributed by atoms with E-state index in [4.69, 9.17) is 0 Å². The molecule has 0 fully saturated rings. The predicted molar refractivity (Wildman–Crippen MR) is 219 cm³/mol. The number of fused-ring (bicyclic) bond motifs is 4. The summed E-state index contributed by atoms with van der Waals surface area (Å²) in [5.41, 5.74) is 13.5. The standard InChI is InChI=1S/C45H54O2Si2/c1-28(2)48(29(3)4,30(5)6)21-19-39-41-24-34-15-13-14-16-35(34)25-42(41)40(20-22-49(31(7)8,32(9)10)33(11)12)44-27-38-23-37(45(46)47)18-17-36(38)26-43(39)44/h13-18,23-33H,1-12H3,(H,46,47). The van der Waals surface area contributed by atoms with Gasteiger partial charge in [0.25, 0.3) is 0 Å². The topological polar surface area (TPSA) is 37.3 Å². The quantitative estimate of drug-likeness (QED) is 0.105. The van der Waals surface area contributed by atoms with Crippen LogP contribution in [-0.2, 0) is 0 Å². The maximum absolute atomic E-state index is 12.0. The summed E-state index contributed by atoms with van der Waals surface area (Å²) in [4.78, 5) is 12.0. The molecule has 0 unspecified atom stereocenters. The zero-order valence-corrected chi connectivity index (χ0v) is 33.7. The van der Waals surface area contributed by atoms with Crippen molar-refractivity contribution in [3.8, 4) is 22.9 Å². The molecule has 5 aromatic carbocycles. The zero-order chi connectivity index (χ0) is 36.0. The van der Waals surface area contributed by atoms with E-state index in [0.29, 0.717) is 38.8 Å². The van der Waals surface area contributed by atoms with Crippen LogP contribution in [0.5, 0.6) is 0 Å². The average molecular weight is 683 g/mol. The van der Waals surface area contributed by atoms with Gasteiger partial charge in [0.2, 0.25) is 0 Å². The Morgan fingerprint density at radius 1 is 0.490 bits per heavy atom. The van der Waals surface area contributed by atoms with Gasteiger partial charge in [0, 0.05) is 11.1 Å². The van der Waals surface area contributed by atoms with Crippen molar-refractivity contribution in [2.75, 3.05) is 0 Å². The Hall–Kier alpha value is -3.84. The van der Waals surface area contributed by atoms with Crippen LogP contribution in [0.1, 0.15) is 105 Å². The number of carboxylic acids is 1. The van der Waals surface area contributed by atoms with E-state index >= 15 is 0 Å². The summed E-state index contributed by atoms with van der Waals surface area (Å²) in [5, 5.41) is 18.6. The second-order valence-corrected chi connectivity index (χ2v) is 27.2. The molecule has 0 radical (unpaired) electrons. The first kappa shape index (κ1) is 36.4. The van der Waals surface area contributed by atoms with Crippen molar-refractivity contribution in [1.29, 1.82) is 0 Å². The van der Waals surface area contributed by atoms with E-state index in [9.17, 15) is 9.90 Å². The van der Waals surface area contributed by atoms with Crippen molar-refractivity contribution in [3.05, 3.63) is 83.4 Å². The molecule has 254 valence electrons. The van der Waals surface area contributed by atoms with Crippen LogP contribution >= 0.6 is 0 Å². The van der Waals surface area contributed by atoms with Crippen LogP contribution in [0.15, 0.2) is 66.7 Å². The molecule has 2 nitrogen and oxygen atoms in total. The van der Waals surface area contributed by atoms with Gasteiger partial charge in [0.1, 0.15) is 16.1 Å². The van der Waals surface area contributed by atoms with Gasteiger partial charge in [-0.25, -0.2) is 4.79 Å². The molecule has 49 heavy (non-hydrogen) atoms. The van der Waals surface area contributed by atoms with Gasteiger partial charge >= 0.3 is 5.97 Å². The van der Waals surface area contributed by atoms with Crippen LogP contribution < -0.4 is 0 Å². The number of carboxylic acid groups (broad SMARTS) is 1. The summed E-state index contributed by atoms with van der Waals surface area (Å²) in [7, 11) is -4.12. The molecule has 5 aromatic rings. The zero-order valence-electron chi connectivity index (χ0n) is 31.7. The first-order valence-electron chi connectivity index (χ1n) is 18.2. The third-order valence-electron chi connectivity index (χ3n) is 11.7. The Labute approximate surface area is 296 Å². The fourth-order valence-electron chi connectivity index (χ4n) is 9.27. The summed E-state index contributed by atoms with van der Waals surface area (Å²) < 4.78 is 0. The second kappa shape index (κ2) is 13.8. The highest BCUT2D eigenvalue weighted by atomic mass is 28.3. The lowest BCUT2D eigenvalue weighted by Gasteiger charge is -2.38. The Balaban J connectivity index is 2.05. The van der Waals surface area contributed by atoms with Gasteiger partial charge in [0.15, 0.2) is 0 Å².